The molecule has 7 N–H and O–H groups in total. The van der Waals surface area contributed by atoms with Gasteiger partial charge < -0.3 is 35.7 Å². The highest BCUT2D eigenvalue weighted by atomic mass is 16.4. The summed E-state index contributed by atoms with van der Waals surface area (Å²) in [6.45, 7) is 9.05. The summed E-state index contributed by atoms with van der Waals surface area (Å²) in [7, 11) is 0. The first-order valence-corrected chi connectivity index (χ1v) is 12.5. The lowest BCUT2D eigenvalue weighted by molar-refractivity contribution is -0.139. The highest BCUT2D eigenvalue weighted by Crippen LogP contribution is 2.10. The van der Waals surface area contributed by atoms with E-state index in [4.69, 9.17) is 35.7 Å². The minimum atomic E-state index is -1.27. The Morgan fingerprint density at radius 3 is 0.919 bits per heavy atom. The average Bonchev–Trinajstić information content (AvgIpc) is 2.82. The van der Waals surface area contributed by atoms with Gasteiger partial charge in [-0.05, 0) is 19.3 Å². The molecule has 0 saturated heterocycles. The first kappa shape index (κ1) is 41.4. The molecule has 37 heavy (non-hydrogen) atoms. The molecule has 11 nitrogen and oxygen atoms in total. The quantitative estimate of drug-likeness (QED) is 0.0930. The van der Waals surface area contributed by atoms with Crippen molar-refractivity contribution in [2.75, 3.05) is 19.8 Å². The maximum Gasteiger partial charge on any atom is 0.331 e. The van der Waals surface area contributed by atoms with Crippen molar-refractivity contribution in [3.63, 3.8) is 0 Å². The first-order chi connectivity index (χ1) is 17.4. The summed E-state index contributed by atoms with van der Waals surface area (Å²) < 4.78 is 0. The van der Waals surface area contributed by atoms with E-state index >= 15 is 0 Å². The second-order valence-corrected chi connectivity index (χ2v) is 8.02. The van der Waals surface area contributed by atoms with Gasteiger partial charge in [-0.1, -0.05) is 77.9 Å². The van der Waals surface area contributed by atoms with Gasteiger partial charge in [0.2, 0.25) is 0 Å². The summed E-state index contributed by atoms with van der Waals surface area (Å²) in [6.07, 6.45) is 13.7. The summed E-state index contributed by atoms with van der Waals surface area (Å²) in [5, 5.41) is 56.9. The molecule has 0 aliphatic carbocycles. The normalized spacial score (nSPS) is 9.30. The van der Waals surface area contributed by atoms with Gasteiger partial charge in [-0.3, -0.25) is 9.59 Å². The number of aliphatic hydroxyl groups excluding tert-OH is 3. The lowest BCUT2D eigenvalue weighted by atomic mass is 10.1. The van der Waals surface area contributed by atoms with Gasteiger partial charge in [0, 0.05) is 31.0 Å². The maximum atomic E-state index is 9.87. The van der Waals surface area contributed by atoms with Crippen LogP contribution in [0.1, 0.15) is 96.8 Å². The summed E-state index contributed by atoms with van der Waals surface area (Å²) in [5.74, 6) is -4.89. The van der Waals surface area contributed by atoms with E-state index in [2.05, 4.69) is 20.1 Å². The van der Waals surface area contributed by atoms with Crippen molar-refractivity contribution < 1.29 is 54.9 Å². The van der Waals surface area contributed by atoms with E-state index in [-0.39, 0.29) is 24.4 Å². The molecular weight excluding hydrogens is 488 g/mol. The van der Waals surface area contributed by atoms with Crippen LogP contribution in [0.15, 0.2) is 24.3 Å². The fraction of sp³-hybridized carbons (Fsp3) is 0.692. The number of hydrogen-bond acceptors (Lipinski definition) is 7. The highest BCUT2D eigenvalue weighted by molar-refractivity contribution is 5.91. The Labute approximate surface area is 220 Å². The maximum absolute atomic E-state index is 9.87. The molecule has 0 radical (unpaired) electrons. The minimum absolute atomic E-state index is 0.195. The van der Waals surface area contributed by atoms with Crippen LogP contribution in [0.3, 0.4) is 0 Å². The van der Waals surface area contributed by atoms with E-state index in [0.29, 0.717) is 6.61 Å². The Kier molecular flexibility index (Phi) is 37.2. The van der Waals surface area contributed by atoms with Gasteiger partial charge in [0.1, 0.15) is 0 Å². The predicted octanol–water partition coefficient (Wildman–Crippen LogP) is 3.85. The molecular formula is C26H48O11. The molecule has 0 saturated carbocycles. The minimum Gasteiger partial charge on any atom is -0.481 e. The molecule has 0 bridgehead atoms. The van der Waals surface area contributed by atoms with Crippen molar-refractivity contribution in [2.45, 2.75) is 96.8 Å². The second kappa shape index (κ2) is 33.2. The topological polar surface area (TPSA) is 210 Å². The molecule has 0 heterocycles. The summed E-state index contributed by atoms with van der Waals surface area (Å²) >= 11 is 0. The van der Waals surface area contributed by atoms with Crippen molar-refractivity contribution in [3.8, 4) is 0 Å². The fourth-order valence-corrected chi connectivity index (χ4v) is 2.34. The van der Waals surface area contributed by atoms with E-state index in [9.17, 15) is 19.2 Å². The van der Waals surface area contributed by atoms with Gasteiger partial charge in [0.05, 0.1) is 12.8 Å². The molecule has 0 aliphatic heterocycles. The zero-order valence-electron chi connectivity index (χ0n) is 22.2. The Hall–Kier alpha value is -2.76. The molecule has 0 aliphatic rings. The Balaban J connectivity index is -0.000000203. The molecule has 0 amide bonds. The van der Waals surface area contributed by atoms with Crippen molar-refractivity contribution in [1.82, 2.24) is 0 Å². The zero-order valence-corrected chi connectivity index (χ0v) is 22.2. The standard InChI is InChI=1S/C12H26O.2C5H6O4.C4H10O2/c1-2-3-4-5-6-7-8-9-10-11-12-13;2*1-3(5(8)9)2-4(6)7;5-3-1-2-4-6/h13H,2-12H2,1H3;2*1-2H2,(H,6,7)(H,8,9);5-6H,1-4H2. The monoisotopic (exact) mass is 536 g/mol. The lowest BCUT2D eigenvalue weighted by Crippen LogP contribution is -2.04. The molecule has 0 aromatic rings. The third-order valence-corrected chi connectivity index (χ3v) is 4.41. The van der Waals surface area contributed by atoms with E-state index in [1.807, 2.05) is 0 Å². The van der Waals surface area contributed by atoms with E-state index in [0.717, 1.165) is 19.3 Å². The third kappa shape index (κ3) is 47.1. The van der Waals surface area contributed by atoms with Crippen molar-refractivity contribution >= 4 is 23.9 Å². The number of carbonyl (C=O) groups is 4. The lowest BCUT2D eigenvalue weighted by Gasteiger charge is -2.00. The molecule has 0 fully saturated rings. The van der Waals surface area contributed by atoms with Crippen molar-refractivity contribution in [3.05, 3.63) is 24.3 Å². The third-order valence-electron chi connectivity index (χ3n) is 4.41. The van der Waals surface area contributed by atoms with Crippen LogP contribution < -0.4 is 0 Å². The number of unbranched alkanes of at least 4 members (excludes halogenated alkanes) is 10. The number of carboxylic acids is 4. The van der Waals surface area contributed by atoms with Gasteiger partial charge in [-0.25, -0.2) is 9.59 Å². The number of aliphatic hydroxyl groups is 3. The van der Waals surface area contributed by atoms with Crippen LogP contribution in [0.4, 0.5) is 0 Å². The van der Waals surface area contributed by atoms with E-state index in [1.165, 1.54) is 57.8 Å². The van der Waals surface area contributed by atoms with E-state index in [1.54, 1.807) is 0 Å². The number of rotatable bonds is 19. The molecule has 0 rings (SSSR count). The van der Waals surface area contributed by atoms with Crippen molar-refractivity contribution in [1.29, 1.82) is 0 Å². The number of carboxylic acid groups (broad SMARTS) is 4. The summed E-state index contributed by atoms with van der Waals surface area (Å²) in [5.41, 5.74) is -0.606. The van der Waals surface area contributed by atoms with Crippen LogP contribution in [0.2, 0.25) is 0 Å². The number of hydrogen-bond donors (Lipinski definition) is 7. The molecule has 0 aromatic carbocycles. The van der Waals surface area contributed by atoms with Crippen LogP contribution in [0.25, 0.3) is 0 Å². The summed E-state index contributed by atoms with van der Waals surface area (Å²) in [6, 6.07) is 0. The van der Waals surface area contributed by atoms with Gasteiger partial charge in [-0.2, -0.15) is 0 Å². The van der Waals surface area contributed by atoms with E-state index < -0.39 is 36.7 Å². The largest absolute Gasteiger partial charge is 0.481 e. The Bertz CT molecular complexity index is 564. The Morgan fingerprint density at radius 1 is 0.486 bits per heavy atom. The Morgan fingerprint density at radius 2 is 0.730 bits per heavy atom. The zero-order chi connectivity index (χ0) is 29.5. The average molecular weight is 537 g/mol. The molecule has 0 atom stereocenters. The van der Waals surface area contributed by atoms with Crippen LogP contribution in [-0.2, 0) is 19.2 Å². The fourth-order valence-electron chi connectivity index (χ4n) is 2.34. The molecule has 0 unspecified atom stereocenters. The molecule has 0 aromatic heterocycles. The van der Waals surface area contributed by atoms with Crippen LogP contribution in [-0.4, -0.2) is 79.4 Å². The first-order valence-electron chi connectivity index (χ1n) is 12.5. The highest BCUT2D eigenvalue weighted by Gasteiger charge is 2.08. The van der Waals surface area contributed by atoms with Gasteiger partial charge in [0.25, 0.3) is 0 Å². The van der Waals surface area contributed by atoms with Gasteiger partial charge in [0.15, 0.2) is 0 Å². The van der Waals surface area contributed by atoms with Crippen LogP contribution in [0, 0.1) is 0 Å². The molecule has 11 heteroatoms. The van der Waals surface area contributed by atoms with Gasteiger partial charge in [-0.15, -0.1) is 0 Å². The van der Waals surface area contributed by atoms with Crippen molar-refractivity contribution in [2.24, 2.45) is 0 Å². The summed E-state index contributed by atoms with van der Waals surface area (Å²) in [4.78, 5) is 39.3. The van der Waals surface area contributed by atoms with Crippen LogP contribution in [0.5, 0.6) is 0 Å². The molecule has 0 spiro atoms. The predicted molar refractivity (Wildman–Crippen MR) is 140 cm³/mol. The smallest absolute Gasteiger partial charge is 0.331 e. The number of aliphatic carboxylic acids is 4. The molecule has 218 valence electrons. The second-order valence-electron chi connectivity index (χ2n) is 8.02. The SMILES string of the molecule is C=C(CC(=O)O)C(=O)O.C=C(CC(=O)O)C(=O)O.CCCCCCCCCCCCO.OCCCCO. The van der Waals surface area contributed by atoms with Gasteiger partial charge >= 0.3 is 23.9 Å². The van der Waals surface area contributed by atoms with Crippen LogP contribution >= 0.6 is 0 Å².